The van der Waals surface area contributed by atoms with Crippen molar-refractivity contribution in [3.8, 4) is 23.3 Å². The van der Waals surface area contributed by atoms with E-state index in [4.69, 9.17) is 10.5 Å². The van der Waals surface area contributed by atoms with E-state index in [2.05, 4.69) is 12.1 Å². The van der Waals surface area contributed by atoms with Gasteiger partial charge in [-0.3, -0.25) is 0 Å². The van der Waals surface area contributed by atoms with E-state index in [-0.39, 0.29) is 0 Å². The molecule has 15 heavy (non-hydrogen) atoms. The van der Waals surface area contributed by atoms with Crippen molar-refractivity contribution in [3.05, 3.63) is 46.2 Å². The molecule has 0 aliphatic rings. The van der Waals surface area contributed by atoms with Gasteiger partial charge in [0.25, 0.3) is 0 Å². The van der Waals surface area contributed by atoms with Gasteiger partial charge in [-0.05, 0) is 34.5 Å². The fraction of sp³-hybridized carbons (Fsp3) is 0. The van der Waals surface area contributed by atoms with E-state index in [0.717, 1.165) is 11.1 Å². The fourth-order valence-corrected chi connectivity index (χ4v) is 2.10. The molecule has 2 rings (SSSR count). The number of thiophene rings is 1. The number of benzene rings is 1. The van der Waals surface area contributed by atoms with Crippen molar-refractivity contribution >= 4 is 11.3 Å². The van der Waals surface area contributed by atoms with Crippen molar-refractivity contribution in [2.45, 2.75) is 0 Å². The minimum atomic E-state index is 0.549. The third kappa shape index (κ3) is 1.61. The lowest BCUT2D eigenvalue weighted by atomic mass is 9.98. The molecule has 0 radical (unpaired) electrons. The predicted octanol–water partition coefficient (Wildman–Crippen LogP) is 3.16. The molecule has 70 valence electrons. The normalized spacial score (nSPS) is 9.20. The number of hydrogen-bond acceptors (Lipinski definition) is 3. The smallest absolute Gasteiger partial charge is 0.0998 e. The van der Waals surface area contributed by atoms with Gasteiger partial charge < -0.3 is 0 Å². The van der Waals surface area contributed by atoms with Crippen LogP contribution in [-0.4, -0.2) is 0 Å². The maximum Gasteiger partial charge on any atom is 0.0998 e. The lowest BCUT2D eigenvalue weighted by Crippen LogP contribution is -1.87. The summed E-state index contributed by atoms with van der Waals surface area (Å²) < 4.78 is 0. The average molecular weight is 210 g/mol. The molecule has 1 aromatic carbocycles. The first-order valence-electron chi connectivity index (χ1n) is 4.32. The van der Waals surface area contributed by atoms with Crippen LogP contribution in [0.3, 0.4) is 0 Å². The summed E-state index contributed by atoms with van der Waals surface area (Å²) in [6.07, 6.45) is 0. The van der Waals surface area contributed by atoms with E-state index in [1.54, 1.807) is 29.5 Å². The van der Waals surface area contributed by atoms with Gasteiger partial charge in [0, 0.05) is 5.56 Å². The Morgan fingerprint density at radius 2 is 1.67 bits per heavy atom. The van der Waals surface area contributed by atoms with Crippen LogP contribution in [0.15, 0.2) is 35.0 Å². The first-order chi connectivity index (χ1) is 7.36. The van der Waals surface area contributed by atoms with Crippen LogP contribution < -0.4 is 0 Å². The highest BCUT2D eigenvalue weighted by atomic mass is 32.1. The van der Waals surface area contributed by atoms with E-state index in [0.29, 0.717) is 11.1 Å². The Bertz CT molecular complexity index is 524. The van der Waals surface area contributed by atoms with Crippen molar-refractivity contribution in [1.82, 2.24) is 0 Å². The van der Waals surface area contributed by atoms with Gasteiger partial charge in [-0.25, -0.2) is 0 Å². The van der Waals surface area contributed by atoms with Gasteiger partial charge in [-0.15, -0.1) is 0 Å². The van der Waals surface area contributed by atoms with Crippen LogP contribution in [0.2, 0.25) is 0 Å². The number of nitriles is 2. The molecule has 1 heterocycles. The Hall–Kier alpha value is -2.10. The summed E-state index contributed by atoms with van der Waals surface area (Å²) in [5, 5.41) is 21.8. The maximum absolute atomic E-state index is 8.98. The zero-order valence-corrected chi connectivity index (χ0v) is 8.58. The second kappa shape index (κ2) is 3.96. The molecule has 0 N–H and O–H groups in total. The average Bonchev–Trinajstić information content (AvgIpc) is 2.81. The molecule has 0 aliphatic carbocycles. The van der Waals surface area contributed by atoms with Crippen LogP contribution in [0.1, 0.15) is 11.1 Å². The lowest BCUT2D eigenvalue weighted by molar-refractivity contribution is 1.45. The van der Waals surface area contributed by atoms with E-state index in [1.807, 2.05) is 16.8 Å². The van der Waals surface area contributed by atoms with E-state index < -0.39 is 0 Å². The molecule has 1 aromatic heterocycles. The molecule has 0 amide bonds. The molecular formula is C12H6N2S. The van der Waals surface area contributed by atoms with E-state index >= 15 is 0 Å². The molecule has 0 spiro atoms. The molecule has 3 heteroatoms. The minimum absolute atomic E-state index is 0.549. The van der Waals surface area contributed by atoms with Crippen molar-refractivity contribution < 1.29 is 0 Å². The Labute approximate surface area is 91.6 Å². The summed E-state index contributed by atoms with van der Waals surface area (Å²) in [7, 11) is 0. The van der Waals surface area contributed by atoms with Crippen LogP contribution in [0.25, 0.3) is 11.1 Å². The van der Waals surface area contributed by atoms with Crippen LogP contribution in [0, 0.1) is 22.7 Å². The molecule has 0 bridgehead atoms. The van der Waals surface area contributed by atoms with Crippen LogP contribution in [-0.2, 0) is 0 Å². The summed E-state index contributed by atoms with van der Waals surface area (Å²) in [5.74, 6) is 0. The number of nitrogens with zero attached hydrogens (tertiary/aromatic N) is 2. The summed E-state index contributed by atoms with van der Waals surface area (Å²) in [6.45, 7) is 0. The second-order valence-corrected chi connectivity index (χ2v) is 3.74. The molecule has 0 fully saturated rings. The minimum Gasteiger partial charge on any atom is -0.192 e. The van der Waals surface area contributed by atoms with Crippen molar-refractivity contribution in [2.24, 2.45) is 0 Å². The second-order valence-electron chi connectivity index (χ2n) is 2.96. The van der Waals surface area contributed by atoms with Crippen molar-refractivity contribution in [2.75, 3.05) is 0 Å². The van der Waals surface area contributed by atoms with E-state index in [9.17, 15) is 0 Å². The molecular weight excluding hydrogens is 204 g/mol. The summed E-state index contributed by atoms with van der Waals surface area (Å²) in [6, 6.07) is 11.3. The highest BCUT2D eigenvalue weighted by molar-refractivity contribution is 7.08. The highest BCUT2D eigenvalue weighted by Crippen LogP contribution is 2.28. The zero-order valence-electron chi connectivity index (χ0n) is 7.77. The quantitative estimate of drug-likeness (QED) is 0.725. The number of rotatable bonds is 1. The zero-order chi connectivity index (χ0) is 10.7. The van der Waals surface area contributed by atoms with Crippen molar-refractivity contribution in [3.63, 3.8) is 0 Å². The first-order valence-corrected chi connectivity index (χ1v) is 5.27. The monoisotopic (exact) mass is 210 g/mol. The van der Waals surface area contributed by atoms with Crippen LogP contribution >= 0.6 is 11.3 Å². The van der Waals surface area contributed by atoms with Gasteiger partial charge in [0.05, 0.1) is 23.3 Å². The van der Waals surface area contributed by atoms with Gasteiger partial charge in [-0.1, -0.05) is 6.07 Å². The van der Waals surface area contributed by atoms with Gasteiger partial charge in [0.2, 0.25) is 0 Å². The summed E-state index contributed by atoms with van der Waals surface area (Å²) >= 11 is 1.55. The molecule has 0 unspecified atom stereocenters. The lowest BCUT2D eigenvalue weighted by Gasteiger charge is -2.03. The fourth-order valence-electron chi connectivity index (χ4n) is 1.46. The third-order valence-electron chi connectivity index (χ3n) is 2.12. The third-order valence-corrected chi connectivity index (χ3v) is 2.80. The molecule has 2 nitrogen and oxygen atoms in total. The largest absolute Gasteiger partial charge is 0.192 e. The van der Waals surface area contributed by atoms with Gasteiger partial charge in [0.15, 0.2) is 0 Å². The standard InChI is InChI=1S/C12H6N2S/c13-6-9-2-1-3-10(7-14)12(9)11-4-5-15-8-11/h1-5,8H. The van der Waals surface area contributed by atoms with Gasteiger partial charge >= 0.3 is 0 Å². The van der Waals surface area contributed by atoms with Crippen LogP contribution in [0.5, 0.6) is 0 Å². The Morgan fingerprint density at radius 3 is 2.13 bits per heavy atom. The Morgan fingerprint density at radius 1 is 1.00 bits per heavy atom. The van der Waals surface area contributed by atoms with Crippen molar-refractivity contribution in [1.29, 1.82) is 10.5 Å². The molecule has 2 aromatic rings. The van der Waals surface area contributed by atoms with Gasteiger partial charge in [-0.2, -0.15) is 21.9 Å². The maximum atomic E-state index is 8.98. The first kappa shape index (κ1) is 9.45. The molecule has 0 saturated heterocycles. The Balaban J connectivity index is 2.75. The number of hydrogen-bond donors (Lipinski definition) is 0. The molecule has 0 saturated carbocycles. The topological polar surface area (TPSA) is 47.6 Å². The highest BCUT2D eigenvalue weighted by Gasteiger charge is 2.10. The Kier molecular flexibility index (Phi) is 2.49. The predicted molar refractivity (Wildman–Crippen MR) is 59.2 cm³/mol. The van der Waals surface area contributed by atoms with E-state index in [1.165, 1.54) is 0 Å². The van der Waals surface area contributed by atoms with Gasteiger partial charge in [0.1, 0.15) is 0 Å². The molecule has 0 aliphatic heterocycles. The SMILES string of the molecule is N#Cc1cccc(C#N)c1-c1ccsc1. The summed E-state index contributed by atoms with van der Waals surface area (Å²) in [4.78, 5) is 0. The molecule has 0 atom stereocenters. The van der Waals surface area contributed by atoms with Crippen LogP contribution in [0.4, 0.5) is 0 Å². The summed E-state index contributed by atoms with van der Waals surface area (Å²) in [5.41, 5.74) is 2.78.